The lowest BCUT2D eigenvalue weighted by molar-refractivity contribution is -0.133. The van der Waals surface area contributed by atoms with Gasteiger partial charge in [0.15, 0.2) is 5.78 Å². The second-order valence-electron chi connectivity index (χ2n) is 2.67. The van der Waals surface area contributed by atoms with Crippen LogP contribution in [0, 0.1) is 0 Å². The summed E-state index contributed by atoms with van der Waals surface area (Å²) in [5.41, 5.74) is -0.270. The van der Waals surface area contributed by atoms with E-state index in [9.17, 15) is 14.4 Å². The van der Waals surface area contributed by atoms with Crippen molar-refractivity contribution in [2.75, 3.05) is 0 Å². The molecule has 14 heavy (non-hydrogen) atoms. The standard InChI is InChI=1S/C9H10O5/c1-5(8(11)12)3-7(10)4-6(2)9(13)14/h3-4H,1-2H3,(H,11,12)(H,13,14). The summed E-state index contributed by atoms with van der Waals surface area (Å²) >= 11 is 0. The number of aliphatic carboxylic acids is 2. The molecule has 0 aromatic heterocycles. The molecule has 0 amide bonds. The Morgan fingerprint density at radius 1 is 0.857 bits per heavy atom. The summed E-state index contributed by atoms with van der Waals surface area (Å²) in [6.07, 6.45) is 1.74. The summed E-state index contributed by atoms with van der Waals surface area (Å²) in [6, 6.07) is 0. The maximum absolute atomic E-state index is 11.0. The minimum absolute atomic E-state index is 0.135. The molecular weight excluding hydrogens is 188 g/mol. The van der Waals surface area contributed by atoms with Crippen molar-refractivity contribution in [2.45, 2.75) is 13.8 Å². The number of carboxylic acids is 2. The topological polar surface area (TPSA) is 91.7 Å². The smallest absolute Gasteiger partial charge is 0.331 e. The van der Waals surface area contributed by atoms with Gasteiger partial charge in [0.1, 0.15) is 0 Å². The van der Waals surface area contributed by atoms with Crippen LogP contribution >= 0.6 is 0 Å². The maximum Gasteiger partial charge on any atom is 0.331 e. The van der Waals surface area contributed by atoms with E-state index >= 15 is 0 Å². The van der Waals surface area contributed by atoms with Crippen LogP contribution in [0.3, 0.4) is 0 Å². The number of carbonyl (C=O) groups excluding carboxylic acids is 1. The van der Waals surface area contributed by atoms with Crippen LogP contribution in [0.15, 0.2) is 23.3 Å². The maximum atomic E-state index is 11.0. The highest BCUT2D eigenvalue weighted by Crippen LogP contribution is 1.97. The molecule has 0 spiro atoms. The molecule has 0 aliphatic rings. The van der Waals surface area contributed by atoms with Gasteiger partial charge in [0.25, 0.3) is 0 Å². The van der Waals surface area contributed by atoms with Crippen LogP contribution in [0.4, 0.5) is 0 Å². The van der Waals surface area contributed by atoms with Crippen molar-refractivity contribution in [3.05, 3.63) is 23.3 Å². The van der Waals surface area contributed by atoms with Crippen molar-refractivity contribution in [3.63, 3.8) is 0 Å². The molecule has 0 radical (unpaired) electrons. The molecule has 0 aromatic carbocycles. The first-order valence-corrected chi connectivity index (χ1v) is 3.71. The lowest BCUT2D eigenvalue weighted by Gasteiger charge is -1.92. The number of hydrogen-bond acceptors (Lipinski definition) is 3. The molecule has 0 bridgehead atoms. The SMILES string of the molecule is CC(=CC(=O)C=C(C)C(=O)O)C(=O)O. The summed E-state index contributed by atoms with van der Waals surface area (Å²) < 4.78 is 0. The number of carbonyl (C=O) groups is 3. The zero-order valence-corrected chi connectivity index (χ0v) is 7.77. The van der Waals surface area contributed by atoms with E-state index in [1.807, 2.05) is 0 Å². The van der Waals surface area contributed by atoms with E-state index in [-0.39, 0.29) is 11.1 Å². The van der Waals surface area contributed by atoms with Crippen molar-refractivity contribution in [2.24, 2.45) is 0 Å². The van der Waals surface area contributed by atoms with Gasteiger partial charge in [0.2, 0.25) is 0 Å². The number of hydrogen-bond donors (Lipinski definition) is 2. The van der Waals surface area contributed by atoms with Crippen molar-refractivity contribution in [1.29, 1.82) is 0 Å². The first-order valence-electron chi connectivity index (χ1n) is 3.71. The summed E-state index contributed by atoms with van der Waals surface area (Å²) in [5, 5.41) is 16.8. The Hall–Kier alpha value is -1.91. The van der Waals surface area contributed by atoms with Gasteiger partial charge in [-0.1, -0.05) is 0 Å². The Kier molecular flexibility index (Phi) is 4.28. The third kappa shape index (κ3) is 4.20. The van der Waals surface area contributed by atoms with Gasteiger partial charge in [0, 0.05) is 11.1 Å². The molecule has 0 fully saturated rings. The average Bonchev–Trinajstić information content (AvgIpc) is 2.03. The van der Waals surface area contributed by atoms with Crippen molar-refractivity contribution >= 4 is 17.7 Å². The van der Waals surface area contributed by atoms with Crippen LogP contribution in [-0.2, 0) is 14.4 Å². The molecule has 0 unspecified atom stereocenters. The van der Waals surface area contributed by atoms with Crippen LogP contribution in [0.2, 0.25) is 0 Å². The largest absolute Gasteiger partial charge is 0.478 e. The van der Waals surface area contributed by atoms with Crippen LogP contribution in [0.5, 0.6) is 0 Å². The zero-order valence-electron chi connectivity index (χ0n) is 7.77. The minimum atomic E-state index is -1.21. The Labute approximate surface area is 80.4 Å². The predicted octanol–water partition coefficient (Wildman–Crippen LogP) is 0.617. The van der Waals surface area contributed by atoms with Gasteiger partial charge in [-0.3, -0.25) is 4.79 Å². The van der Waals surface area contributed by atoms with Crippen molar-refractivity contribution in [1.82, 2.24) is 0 Å². The van der Waals surface area contributed by atoms with Crippen molar-refractivity contribution < 1.29 is 24.6 Å². The van der Waals surface area contributed by atoms with E-state index in [2.05, 4.69) is 0 Å². The molecule has 0 saturated carbocycles. The van der Waals surface area contributed by atoms with Gasteiger partial charge < -0.3 is 10.2 Å². The molecule has 0 atom stereocenters. The van der Waals surface area contributed by atoms with E-state index in [1.165, 1.54) is 13.8 Å². The van der Waals surface area contributed by atoms with Crippen LogP contribution < -0.4 is 0 Å². The third-order valence-electron chi connectivity index (χ3n) is 1.39. The van der Waals surface area contributed by atoms with Crippen molar-refractivity contribution in [3.8, 4) is 0 Å². The Morgan fingerprint density at radius 2 is 1.14 bits per heavy atom. The number of rotatable bonds is 4. The normalized spacial score (nSPS) is 12.4. The molecule has 0 heterocycles. The lowest BCUT2D eigenvalue weighted by Crippen LogP contribution is -2.02. The minimum Gasteiger partial charge on any atom is -0.478 e. The quantitative estimate of drug-likeness (QED) is 0.646. The van der Waals surface area contributed by atoms with Gasteiger partial charge in [0.05, 0.1) is 0 Å². The molecular formula is C9H10O5. The molecule has 5 nitrogen and oxygen atoms in total. The summed E-state index contributed by atoms with van der Waals surface area (Å²) in [7, 11) is 0. The molecule has 5 heteroatoms. The van der Waals surface area contributed by atoms with Gasteiger partial charge in [-0.15, -0.1) is 0 Å². The summed E-state index contributed by atoms with van der Waals surface area (Å²) in [5.74, 6) is -3.07. The van der Waals surface area contributed by atoms with Crippen LogP contribution in [-0.4, -0.2) is 27.9 Å². The number of ketones is 1. The second-order valence-corrected chi connectivity index (χ2v) is 2.67. The molecule has 0 aromatic rings. The average molecular weight is 198 g/mol. The first kappa shape index (κ1) is 12.1. The highest BCUT2D eigenvalue weighted by atomic mass is 16.4. The van der Waals surface area contributed by atoms with E-state index in [1.54, 1.807) is 0 Å². The molecule has 76 valence electrons. The van der Waals surface area contributed by atoms with Crippen LogP contribution in [0.25, 0.3) is 0 Å². The summed E-state index contributed by atoms with van der Waals surface area (Å²) in [6.45, 7) is 2.51. The molecule has 0 aliphatic heterocycles. The molecule has 0 saturated heterocycles. The van der Waals surface area contributed by atoms with E-state index in [4.69, 9.17) is 10.2 Å². The number of carboxylic acid groups (broad SMARTS) is 2. The fourth-order valence-corrected chi connectivity index (χ4v) is 0.592. The fraction of sp³-hybridized carbons (Fsp3) is 0.222. The van der Waals surface area contributed by atoms with Gasteiger partial charge >= 0.3 is 11.9 Å². The second kappa shape index (κ2) is 4.96. The highest BCUT2D eigenvalue weighted by molar-refractivity contribution is 6.07. The molecule has 2 N–H and O–H groups in total. The van der Waals surface area contributed by atoms with Gasteiger partial charge in [-0.2, -0.15) is 0 Å². The van der Waals surface area contributed by atoms with Gasteiger partial charge in [-0.05, 0) is 26.0 Å². The summed E-state index contributed by atoms with van der Waals surface area (Å²) in [4.78, 5) is 31.6. The van der Waals surface area contributed by atoms with E-state index in [0.29, 0.717) is 0 Å². The lowest BCUT2D eigenvalue weighted by atomic mass is 10.2. The number of allylic oxidation sites excluding steroid dienone is 2. The molecule has 0 aliphatic carbocycles. The van der Waals surface area contributed by atoms with Gasteiger partial charge in [-0.25, -0.2) is 9.59 Å². The molecule has 0 rings (SSSR count). The zero-order chi connectivity index (χ0) is 11.3. The Bertz CT molecular complexity index is 303. The fourth-order valence-electron chi connectivity index (χ4n) is 0.592. The van der Waals surface area contributed by atoms with Crippen LogP contribution in [0.1, 0.15) is 13.8 Å². The monoisotopic (exact) mass is 198 g/mol. The predicted molar refractivity (Wildman–Crippen MR) is 47.8 cm³/mol. The Balaban J connectivity index is 4.69. The third-order valence-corrected chi connectivity index (χ3v) is 1.39. The van der Waals surface area contributed by atoms with E-state index in [0.717, 1.165) is 12.2 Å². The first-order chi connectivity index (χ1) is 6.34. The van der Waals surface area contributed by atoms with E-state index < -0.39 is 17.7 Å². The highest BCUT2D eigenvalue weighted by Gasteiger charge is 2.05. The Morgan fingerprint density at radius 3 is 1.36 bits per heavy atom.